The summed E-state index contributed by atoms with van der Waals surface area (Å²) in [6.45, 7) is 1.89. The van der Waals surface area contributed by atoms with Gasteiger partial charge in [0.1, 0.15) is 0 Å². The lowest BCUT2D eigenvalue weighted by Gasteiger charge is -2.04. The maximum atomic E-state index is 12.2. The normalized spacial score (nSPS) is 9.94. The van der Waals surface area contributed by atoms with E-state index in [1.54, 1.807) is 48.8 Å². The van der Waals surface area contributed by atoms with Crippen LogP contribution in [0.1, 0.15) is 27.0 Å². The third kappa shape index (κ3) is 2.31. The van der Waals surface area contributed by atoms with Crippen molar-refractivity contribution in [1.29, 1.82) is 0 Å². The van der Waals surface area contributed by atoms with Crippen molar-refractivity contribution in [3.63, 3.8) is 0 Å². The summed E-state index contributed by atoms with van der Waals surface area (Å²) >= 11 is 0. The van der Waals surface area contributed by atoms with Gasteiger partial charge >= 0.3 is 0 Å². The van der Waals surface area contributed by atoms with Crippen LogP contribution in [0.15, 0.2) is 48.5 Å². The van der Waals surface area contributed by atoms with Crippen molar-refractivity contribution in [2.75, 3.05) is 0 Å². The molecule has 0 unspecified atom stereocenters. The highest BCUT2D eigenvalue weighted by Crippen LogP contribution is 2.15. The van der Waals surface area contributed by atoms with Crippen LogP contribution in [-0.4, -0.2) is 12.1 Å². The van der Waals surface area contributed by atoms with Crippen LogP contribution in [0, 0.1) is 6.92 Å². The molecule has 0 bridgehead atoms. The van der Waals surface area contributed by atoms with Crippen molar-refractivity contribution in [2.24, 2.45) is 0 Å². The Morgan fingerprint density at radius 3 is 2.41 bits per heavy atom. The van der Waals surface area contributed by atoms with E-state index in [-0.39, 0.29) is 5.78 Å². The second-order valence-corrected chi connectivity index (χ2v) is 3.85. The van der Waals surface area contributed by atoms with Gasteiger partial charge in [0.25, 0.3) is 0 Å². The zero-order chi connectivity index (χ0) is 12.3. The molecule has 0 atom stereocenters. The maximum absolute atomic E-state index is 12.2. The summed E-state index contributed by atoms with van der Waals surface area (Å²) in [5, 5.41) is 0. The Kier molecular flexibility index (Phi) is 3.15. The Morgan fingerprint density at radius 1 is 1.06 bits per heavy atom. The lowest BCUT2D eigenvalue weighted by atomic mass is 9.97. The predicted octanol–water partition coefficient (Wildman–Crippen LogP) is 2.68. The van der Waals surface area contributed by atoms with Crippen LogP contribution in [0.5, 0.6) is 0 Å². The average Bonchev–Trinajstić information content (AvgIpc) is 2.39. The molecule has 2 aromatic carbocycles. The number of aryl methyl sites for hydroxylation is 1. The van der Waals surface area contributed by atoms with Gasteiger partial charge in [-0.25, -0.2) is 0 Å². The summed E-state index contributed by atoms with van der Waals surface area (Å²) < 4.78 is 0. The number of rotatable bonds is 3. The number of hydrogen-bond donors (Lipinski definition) is 0. The van der Waals surface area contributed by atoms with Gasteiger partial charge in [0.15, 0.2) is 5.78 Å². The monoisotopic (exact) mass is 223 g/mol. The van der Waals surface area contributed by atoms with Crippen molar-refractivity contribution < 1.29 is 9.59 Å². The number of benzene rings is 2. The molecule has 1 radical (unpaired) electrons. The molecule has 0 spiro atoms. The predicted molar refractivity (Wildman–Crippen MR) is 65.8 cm³/mol. The van der Waals surface area contributed by atoms with Crippen LogP contribution in [0.3, 0.4) is 0 Å². The van der Waals surface area contributed by atoms with Crippen molar-refractivity contribution in [3.05, 3.63) is 70.8 Å². The van der Waals surface area contributed by atoms with E-state index in [9.17, 15) is 9.59 Å². The minimum atomic E-state index is -0.146. The molecule has 2 aromatic rings. The van der Waals surface area contributed by atoms with E-state index in [0.717, 1.165) is 5.56 Å². The van der Waals surface area contributed by atoms with Crippen LogP contribution in [0.4, 0.5) is 0 Å². The third-order valence-electron chi connectivity index (χ3n) is 2.57. The number of ketones is 1. The highest BCUT2D eigenvalue weighted by Gasteiger charge is 2.13. The van der Waals surface area contributed by atoms with Crippen LogP contribution < -0.4 is 0 Å². The maximum Gasteiger partial charge on any atom is 0.234 e. The van der Waals surface area contributed by atoms with Crippen LogP contribution in [0.25, 0.3) is 0 Å². The van der Waals surface area contributed by atoms with E-state index < -0.39 is 0 Å². The second kappa shape index (κ2) is 4.74. The molecule has 2 rings (SSSR count). The van der Waals surface area contributed by atoms with Gasteiger partial charge < -0.3 is 0 Å². The summed E-state index contributed by atoms with van der Waals surface area (Å²) in [4.78, 5) is 23.0. The van der Waals surface area contributed by atoms with Gasteiger partial charge in [0.2, 0.25) is 6.29 Å². The fourth-order valence-electron chi connectivity index (χ4n) is 1.68. The van der Waals surface area contributed by atoms with Crippen LogP contribution in [0.2, 0.25) is 0 Å². The van der Waals surface area contributed by atoms with Crippen molar-refractivity contribution in [2.45, 2.75) is 6.92 Å². The Bertz CT molecular complexity index is 556. The molecule has 0 saturated heterocycles. The Hall–Kier alpha value is -2.22. The van der Waals surface area contributed by atoms with E-state index in [4.69, 9.17) is 0 Å². The molecule has 0 heterocycles. The van der Waals surface area contributed by atoms with Gasteiger partial charge in [0, 0.05) is 16.7 Å². The molecular weight excluding hydrogens is 212 g/mol. The first-order chi connectivity index (χ1) is 8.22. The lowest BCUT2D eigenvalue weighted by Crippen LogP contribution is -2.05. The summed E-state index contributed by atoms with van der Waals surface area (Å²) in [5.41, 5.74) is 2.24. The van der Waals surface area contributed by atoms with Crippen LogP contribution >= 0.6 is 0 Å². The number of carbonyl (C=O) groups excluding carboxylic acids is 2. The van der Waals surface area contributed by atoms with E-state index >= 15 is 0 Å². The molecule has 0 aromatic heterocycles. The van der Waals surface area contributed by atoms with E-state index in [2.05, 4.69) is 0 Å². The molecule has 17 heavy (non-hydrogen) atoms. The summed E-state index contributed by atoms with van der Waals surface area (Å²) in [7, 11) is 0. The Labute approximate surface area is 99.9 Å². The molecule has 2 nitrogen and oxygen atoms in total. The number of hydrogen-bond acceptors (Lipinski definition) is 2. The molecule has 0 aliphatic heterocycles. The summed E-state index contributed by atoms with van der Waals surface area (Å²) in [6.07, 6.45) is 1.80. The van der Waals surface area contributed by atoms with Crippen molar-refractivity contribution in [3.8, 4) is 0 Å². The third-order valence-corrected chi connectivity index (χ3v) is 2.57. The Morgan fingerprint density at radius 2 is 1.76 bits per heavy atom. The number of carbonyl (C=O) groups is 1. The first-order valence-electron chi connectivity index (χ1n) is 5.31. The molecule has 2 heteroatoms. The van der Waals surface area contributed by atoms with Gasteiger partial charge in [-0.2, -0.15) is 0 Å². The quantitative estimate of drug-likeness (QED) is 0.750. The van der Waals surface area contributed by atoms with Crippen molar-refractivity contribution >= 4 is 12.1 Å². The lowest BCUT2D eigenvalue weighted by molar-refractivity contribution is 0.103. The smallest absolute Gasteiger partial charge is 0.234 e. The first-order valence-corrected chi connectivity index (χ1v) is 5.31. The zero-order valence-corrected chi connectivity index (χ0v) is 9.44. The Balaban J connectivity index is 2.50. The van der Waals surface area contributed by atoms with Gasteiger partial charge in [-0.3, -0.25) is 9.59 Å². The van der Waals surface area contributed by atoms with E-state index in [0.29, 0.717) is 16.7 Å². The van der Waals surface area contributed by atoms with Gasteiger partial charge in [0.05, 0.1) is 0 Å². The van der Waals surface area contributed by atoms with Gasteiger partial charge in [-0.15, -0.1) is 0 Å². The fraction of sp³-hybridized carbons (Fsp3) is 0.0667. The SMILES string of the molecule is Cc1ccc([C]=O)c(C(=O)c2ccccc2)c1. The molecular formula is C15H11O2. The fourth-order valence-corrected chi connectivity index (χ4v) is 1.68. The minimum Gasteiger partial charge on any atom is -0.289 e. The molecule has 0 saturated carbocycles. The molecule has 0 aliphatic carbocycles. The largest absolute Gasteiger partial charge is 0.289 e. The second-order valence-electron chi connectivity index (χ2n) is 3.85. The highest BCUT2D eigenvalue weighted by atomic mass is 16.1. The van der Waals surface area contributed by atoms with Gasteiger partial charge in [-0.05, 0) is 19.1 Å². The van der Waals surface area contributed by atoms with E-state index in [1.165, 1.54) is 0 Å². The molecule has 0 aliphatic rings. The minimum absolute atomic E-state index is 0.146. The molecule has 0 N–H and O–H groups in total. The summed E-state index contributed by atoms with van der Waals surface area (Å²) in [5.74, 6) is -0.146. The molecule has 0 fully saturated rings. The van der Waals surface area contributed by atoms with Gasteiger partial charge in [-0.1, -0.05) is 42.0 Å². The molecule has 0 amide bonds. The topological polar surface area (TPSA) is 34.1 Å². The zero-order valence-electron chi connectivity index (χ0n) is 9.44. The summed E-state index contributed by atoms with van der Waals surface area (Å²) in [6, 6.07) is 14.1. The standard InChI is InChI=1S/C15H11O2/c1-11-7-8-13(10-16)14(9-11)15(17)12-5-3-2-4-6-12/h2-9H,1H3. The molecule has 83 valence electrons. The average molecular weight is 223 g/mol. The van der Waals surface area contributed by atoms with Crippen LogP contribution in [-0.2, 0) is 4.79 Å². The first kappa shape index (κ1) is 11.3. The van der Waals surface area contributed by atoms with E-state index in [1.807, 2.05) is 13.0 Å². The van der Waals surface area contributed by atoms with Crippen molar-refractivity contribution in [1.82, 2.24) is 0 Å². The highest BCUT2D eigenvalue weighted by molar-refractivity contribution is 6.12.